The quantitative estimate of drug-likeness (QED) is 0.588. The Labute approximate surface area is 59.2 Å². The van der Waals surface area contributed by atoms with Crippen LogP contribution in [0.15, 0.2) is 4.52 Å². The fourth-order valence-electron chi connectivity index (χ4n) is 1.55. The predicted molar refractivity (Wildman–Crippen MR) is 37.7 cm³/mol. The molecule has 0 spiro atoms. The minimum atomic E-state index is 0.514. The van der Waals surface area contributed by atoms with Crippen LogP contribution in [0.4, 0.5) is 5.88 Å². The molecule has 0 aliphatic heterocycles. The standard InChI is InChI=1S/C7H10N2O/c1-4-2-3-5-6(4)7(8)10-9-5/h4H,2-3,8H2,1H3. The van der Waals surface area contributed by atoms with Crippen LogP contribution in [-0.4, -0.2) is 5.16 Å². The second-order valence-electron chi connectivity index (χ2n) is 2.85. The minimum Gasteiger partial charge on any atom is -0.367 e. The van der Waals surface area contributed by atoms with Gasteiger partial charge in [0.05, 0.1) is 5.69 Å². The first kappa shape index (κ1) is 5.77. The van der Waals surface area contributed by atoms with E-state index in [1.165, 1.54) is 0 Å². The molecule has 1 aromatic heterocycles. The molecular formula is C7H10N2O. The highest BCUT2D eigenvalue weighted by Gasteiger charge is 2.25. The molecule has 0 amide bonds. The summed E-state index contributed by atoms with van der Waals surface area (Å²) in [5.74, 6) is 1.06. The average molecular weight is 138 g/mol. The zero-order chi connectivity index (χ0) is 7.14. The van der Waals surface area contributed by atoms with Crippen LogP contribution >= 0.6 is 0 Å². The van der Waals surface area contributed by atoms with Crippen molar-refractivity contribution in [3.8, 4) is 0 Å². The Hall–Kier alpha value is -0.990. The summed E-state index contributed by atoms with van der Waals surface area (Å²) in [5, 5.41) is 3.85. The van der Waals surface area contributed by atoms with Crippen LogP contribution in [-0.2, 0) is 6.42 Å². The number of aryl methyl sites for hydroxylation is 1. The number of nitrogen functional groups attached to an aromatic ring is 1. The Morgan fingerprint density at radius 1 is 1.70 bits per heavy atom. The smallest absolute Gasteiger partial charge is 0.225 e. The molecule has 54 valence electrons. The zero-order valence-electron chi connectivity index (χ0n) is 5.92. The third kappa shape index (κ3) is 0.574. The molecule has 1 aliphatic carbocycles. The molecule has 2 rings (SSSR count). The molecule has 3 nitrogen and oxygen atoms in total. The van der Waals surface area contributed by atoms with Crippen molar-refractivity contribution in [2.45, 2.75) is 25.7 Å². The minimum absolute atomic E-state index is 0.514. The summed E-state index contributed by atoms with van der Waals surface area (Å²) in [6.45, 7) is 2.15. The second-order valence-corrected chi connectivity index (χ2v) is 2.85. The van der Waals surface area contributed by atoms with Gasteiger partial charge in [0.2, 0.25) is 5.88 Å². The first-order chi connectivity index (χ1) is 4.79. The van der Waals surface area contributed by atoms with Crippen molar-refractivity contribution in [2.75, 3.05) is 5.73 Å². The molecule has 1 heterocycles. The number of fused-ring (bicyclic) bond motifs is 1. The zero-order valence-corrected chi connectivity index (χ0v) is 5.92. The summed E-state index contributed by atoms with van der Waals surface area (Å²) in [6, 6.07) is 0. The highest BCUT2D eigenvalue weighted by Crippen LogP contribution is 2.35. The maximum absolute atomic E-state index is 5.55. The van der Waals surface area contributed by atoms with E-state index in [-0.39, 0.29) is 0 Å². The van der Waals surface area contributed by atoms with E-state index in [2.05, 4.69) is 12.1 Å². The molecule has 2 N–H and O–H groups in total. The lowest BCUT2D eigenvalue weighted by Gasteiger charge is -1.97. The lowest BCUT2D eigenvalue weighted by molar-refractivity contribution is 0.423. The van der Waals surface area contributed by atoms with Gasteiger partial charge in [0.1, 0.15) is 0 Å². The van der Waals surface area contributed by atoms with E-state index in [1.807, 2.05) is 0 Å². The first-order valence-electron chi connectivity index (χ1n) is 3.53. The molecule has 0 fully saturated rings. The third-order valence-electron chi connectivity index (χ3n) is 2.14. The molecule has 1 atom stereocenters. The van der Waals surface area contributed by atoms with Gasteiger partial charge in [0.15, 0.2) is 0 Å². The van der Waals surface area contributed by atoms with Crippen LogP contribution in [0.5, 0.6) is 0 Å². The van der Waals surface area contributed by atoms with Crippen molar-refractivity contribution in [2.24, 2.45) is 0 Å². The largest absolute Gasteiger partial charge is 0.367 e. The van der Waals surface area contributed by atoms with Crippen LogP contribution in [0.2, 0.25) is 0 Å². The molecule has 0 aromatic carbocycles. The van der Waals surface area contributed by atoms with Gasteiger partial charge in [0, 0.05) is 5.56 Å². The van der Waals surface area contributed by atoms with Crippen molar-refractivity contribution < 1.29 is 4.52 Å². The van der Waals surface area contributed by atoms with Crippen LogP contribution < -0.4 is 5.73 Å². The predicted octanol–water partition coefficient (Wildman–Crippen LogP) is 1.31. The molecule has 0 radical (unpaired) electrons. The third-order valence-corrected chi connectivity index (χ3v) is 2.14. The van der Waals surface area contributed by atoms with E-state index in [4.69, 9.17) is 10.3 Å². The summed E-state index contributed by atoms with van der Waals surface area (Å²) < 4.78 is 4.84. The van der Waals surface area contributed by atoms with Gasteiger partial charge in [-0.25, -0.2) is 0 Å². The molecule has 0 bridgehead atoms. The van der Waals surface area contributed by atoms with Gasteiger partial charge in [-0.3, -0.25) is 0 Å². The number of nitrogens with zero attached hydrogens (tertiary/aromatic N) is 1. The van der Waals surface area contributed by atoms with E-state index in [1.54, 1.807) is 0 Å². The number of nitrogens with two attached hydrogens (primary N) is 1. The molecule has 10 heavy (non-hydrogen) atoms. The molecule has 1 unspecified atom stereocenters. The Bertz CT molecular complexity index is 254. The first-order valence-corrected chi connectivity index (χ1v) is 3.53. The summed E-state index contributed by atoms with van der Waals surface area (Å²) in [6.07, 6.45) is 2.19. The average Bonchev–Trinajstić information content (AvgIpc) is 2.40. The van der Waals surface area contributed by atoms with Gasteiger partial charge in [-0.05, 0) is 18.8 Å². The topological polar surface area (TPSA) is 52.0 Å². The maximum atomic E-state index is 5.55. The molecule has 0 saturated heterocycles. The van der Waals surface area contributed by atoms with Crippen molar-refractivity contribution >= 4 is 5.88 Å². The van der Waals surface area contributed by atoms with Gasteiger partial charge in [-0.2, -0.15) is 0 Å². The van der Waals surface area contributed by atoms with E-state index < -0.39 is 0 Å². The van der Waals surface area contributed by atoms with Gasteiger partial charge in [-0.15, -0.1) is 0 Å². The SMILES string of the molecule is CC1CCc2noc(N)c21. The Morgan fingerprint density at radius 3 is 3.20 bits per heavy atom. The second kappa shape index (κ2) is 1.75. The van der Waals surface area contributed by atoms with Crippen molar-refractivity contribution in [1.82, 2.24) is 5.16 Å². The van der Waals surface area contributed by atoms with Crippen LogP contribution in [0.1, 0.15) is 30.5 Å². The van der Waals surface area contributed by atoms with Gasteiger partial charge in [0.25, 0.3) is 0 Å². The molecule has 1 aliphatic rings. The van der Waals surface area contributed by atoms with E-state index >= 15 is 0 Å². The van der Waals surface area contributed by atoms with Crippen molar-refractivity contribution in [1.29, 1.82) is 0 Å². The summed E-state index contributed by atoms with van der Waals surface area (Å²) in [5.41, 5.74) is 7.75. The summed E-state index contributed by atoms with van der Waals surface area (Å²) in [4.78, 5) is 0. The number of aromatic nitrogens is 1. The molecule has 1 aromatic rings. The monoisotopic (exact) mass is 138 g/mol. The Morgan fingerprint density at radius 2 is 2.50 bits per heavy atom. The fourth-order valence-corrected chi connectivity index (χ4v) is 1.55. The molecule has 3 heteroatoms. The number of hydrogen-bond donors (Lipinski definition) is 1. The maximum Gasteiger partial charge on any atom is 0.225 e. The highest BCUT2D eigenvalue weighted by atomic mass is 16.5. The van der Waals surface area contributed by atoms with E-state index in [0.717, 1.165) is 24.1 Å². The number of rotatable bonds is 0. The molecular weight excluding hydrogens is 128 g/mol. The molecule has 0 saturated carbocycles. The lowest BCUT2D eigenvalue weighted by Crippen LogP contribution is -1.90. The van der Waals surface area contributed by atoms with Gasteiger partial charge >= 0.3 is 0 Å². The van der Waals surface area contributed by atoms with Crippen molar-refractivity contribution in [3.63, 3.8) is 0 Å². The van der Waals surface area contributed by atoms with Crippen LogP contribution in [0.25, 0.3) is 0 Å². The van der Waals surface area contributed by atoms with Gasteiger partial charge in [-0.1, -0.05) is 12.1 Å². The van der Waals surface area contributed by atoms with Gasteiger partial charge < -0.3 is 10.3 Å². The summed E-state index contributed by atoms with van der Waals surface area (Å²) in [7, 11) is 0. The Kier molecular flexibility index (Phi) is 1.01. The normalized spacial score (nSPS) is 23.1. The Balaban J connectivity index is 2.54. The number of hydrogen-bond acceptors (Lipinski definition) is 3. The van der Waals surface area contributed by atoms with Crippen LogP contribution in [0.3, 0.4) is 0 Å². The van der Waals surface area contributed by atoms with E-state index in [0.29, 0.717) is 11.8 Å². The lowest BCUT2D eigenvalue weighted by atomic mass is 10.1. The highest BCUT2D eigenvalue weighted by molar-refractivity contribution is 5.44. The van der Waals surface area contributed by atoms with Crippen LogP contribution in [0, 0.1) is 0 Å². The fraction of sp³-hybridized carbons (Fsp3) is 0.571. The van der Waals surface area contributed by atoms with Crippen molar-refractivity contribution in [3.05, 3.63) is 11.3 Å². The van der Waals surface area contributed by atoms with E-state index in [9.17, 15) is 0 Å². The number of anilines is 1. The summed E-state index contributed by atoms with van der Waals surface area (Å²) >= 11 is 0.